The molecule has 2 N–H and O–H groups in total. The van der Waals surface area contributed by atoms with E-state index in [1.54, 1.807) is 38.1 Å². The van der Waals surface area contributed by atoms with Gasteiger partial charge in [-0.3, -0.25) is 9.59 Å². The molecule has 30 heavy (non-hydrogen) atoms. The van der Waals surface area contributed by atoms with Gasteiger partial charge in [0.15, 0.2) is 12.4 Å². The van der Waals surface area contributed by atoms with Crippen LogP contribution in [0.3, 0.4) is 0 Å². The van der Waals surface area contributed by atoms with Crippen LogP contribution in [0.5, 0.6) is 11.5 Å². The predicted molar refractivity (Wildman–Crippen MR) is 112 cm³/mol. The highest BCUT2D eigenvalue weighted by atomic mass is 16.5. The molecule has 0 atom stereocenters. The van der Waals surface area contributed by atoms with Gasteiger partial charge in [0, 0.05) is 16.9 Å². The molecular weight excluding hydrogens is 384 g/mol. The number of hydrogen-bond donors (Lipinski definition) is 2. The van der Waals surface area contributed by atoms with E-state index >= 15 is 0 Å². The number of rotatable bonds is 7. The summed E-state index contributed by atoms with van der Waals surface area (Å²) in [6.07, 6.45) is 0. The second kappa shape index (κ2) is 9.09. The average molecular weight is 406 g/mol. The first-order valence-corrected chi connectivity index (χ1v) is 9.35. The Balaban J connectivity index is 1.54. The zero-order chi connectivity index (χ0) is 21.7. The molecule has 0 radical (unpaired) electrons. The topological polar surface area (TPSA) is 97.5 Å². The van der Waals surface area contributed by atoms with Crippen molar-refractivity contribution in [1.29, 1.82) is 0 Å². The Morgan fingerprint density at radius 2 is 1.57 bits per heavy atom. The SMILES string of the molecule is CC(=O)c1c(C)[nH]c(C(=O)OCC(=O)Nc2ccc(Oc3ccccc3)cc2)c1C. The van der Waals surface area contributed by atoms with Crippen LogP contribution in [0.4, 0.5) is 5.69 Å². The first-order chi connectivity index (χ1) is 14.3. The molecule has 1 heterocycles. The minimum Gasteiger partial charge on any atom is -0.457 e. The maximum Gasteiger partial charge on any atom is 0.355 e. The number of esters is 1. The van der Waals surface area contributed by atoms with Crippen LogP contribution < -0.4 is 10.1 Å². The molecule has 0 bridgehead atoms. The maximum absolute atomic E-state index is 12.3. The summed E-state index contributed by atoms with van der Waals surface area (Å²) in [7, 11) is 0. The van der Waals surface area contributed by atoms with Crippen molar-refractivity contribution in [3.05, 3.63) is 77.1 Å². The van der Waals surface area contributed by atoms with Gasteiger partial charge in [-0.05, 0) is 62.7 Å². The van der Waals surface area contributed by atoms with E-state index in [9.17, 15) is 14.4 Å². The molecule has 0 saturated carbocycles. The number of Topliss-reactive ketones (excluding diaryl/α,β-unsaturated/α-hetero) is 1. The number of aromatic nitrogens is 1. The summed E-state index contributed by atoms with van der Waals surface area (Å²) >= 11 is 0. The normalized spacial score (nSPS) is 10.4. The quantitative estimate of drug-likeness (QED) is 0.447. The molecule has 154 valence electrons. The molecule has 0 unspecified atom stereocenters. The van der Waals surface area contributed by atoms with E-state index in [4.69, 9.17) is 9.47 Å². The molecule has 2 aromatic carbocycles. The lowest BCUT2D eigenvalue weighted by Gasteiger charge is -2.08. The Bertz CT molecular complexity index is 1070. The third-order valence-corrected chi connectivity index (χ3v) is 4.45. The Labute approximate surface area is 174 Å². The van der Waals surface area contributed by atoms with Crippen LogP contribution in [-0.4, -0.2) is 29.3 Å². The van der Waals surface area contributed by atoms with Crippen LogP contribution in [0.2, 0.25) is 0 Å². The van der Waals surface area contributed by atoms with Gasteiger partial charge in [0.1, 0.15) is 17.2 Å². The van der Waals surface area contributed by atoms with Crippen LogP contribution in [-0.2, 0) is 9.53 Å². The summed E-state index contributed by atoms with van der Waals surface area (Å²) in [4.78, 5) is 38.9. The predicted octanol–water partition coefficient (Wildman–Crippen LogP) is 4.42. The van der Waals surface area contributed by atoms with Crippen molar-refractivity contribution in [2.45, 2.75) is 20.8 Å². The van der Waals surface area contributed by atoms with Gasteiger partial charge in [-0.25, -0.2) is 4.79 Å². The number of hydrogen-bond acceptors (Lipinski definition) is 5. The summed E-state index contributed by atoms with van der Waals surface area (Å²) in [5, 5.41) is 2.65. The maximum atomic E-state index is 12.3. The van der Waals surface area contributed by atoms with Crippen LogP contribution >= 0.6 is 0 Å². The lowest BCUT2D eigenvalue weighted by molar-refractivity contribution is -0.119. The second-order valence-electron chi connectivity index (χ2n) is 6.74. The van der Waals surface area contributed by atoms with Crippen molar-refractivity contribution in [2.75, 3.05) is 11.9 Å². The third-order valence-electron chi connectivity index (χ3n) is 4.45. The van der Waals surface area contributed by atoms with Crippen LogP contribution in [0.25, 0.3) is 0 Å². The molecule has 1 aromatic heterocycles. The monoisotopic (exact) mass is 406 g/mol. The van der Waals surface area contributed by atoms with Gasteiger partial charge in [-0.15, -0.1) is 0 Å². The van der Waals surface area contributed by atoms with Crippen molar-refractivity contribution in [2.24, 2.45) is 0 Å². The van der Waals surface area contributed by atoms with E-state index in [0.717, 1.165) is 0 Å². The molecule has 3 aromatic rings. The lowest BCUT2D eigenvalue weighted by Crippen LogP contribution is -2.21. The van der Waals surface area contributed by atoms with Crippen molar-refractivity contribution in [3.8, 4) is 11.5 Å². The number of benzene rings is 2. The fourth-order valence-electron chi connectivity index (χ4n) is 3.11. The Hall–Kier alpha value is -3.87. The number of aryl methyl sites for hydroxylation is 1. The first-order valence-electron chi connectivity index (χ1n) is 9.35. The second-order valence-corrected chi connectivity index (χ2v) is 6.74. The van der Waals surface area contributed by atoms with Crippen LogP contribution in [0, 0.1) is 13.8 Å². The number of H-pyrrole nitrogens is 1. The number of amides is 1. The van der Waals surface area contributed by atoms with E-state index in [2.05, 4.69) is 10.3 Å². The minimum atomic E-state index is -0.690. The minimum absolute atomic E-state index is 0.141. The number of para-hydroxylation sites is 1. The molecule has 7 heteroatoms. The number of nitrogens with one attached hydrogen (secondary N) is 2. The summed E-state index contributed by atoms with van der Waals surface area (Å²) in [5.74, 6) is 0.0314. The van der Waals surface area contributed by atoms with Gasteiger partial charge in [0.25, 0.3) is 5.91 Å². The number of aromatic amines is 1. The smallest absolute Gasteiger partial charge is 0.355 e. The van der Waals surface area contributed by atoms with E-state index < -0.39 is 18.5 Å². The Morgan fingerprint density at radius 3 is 2.17 bits per heavy atom. The standard InChI is InChI=1S/C23H22N2O5/c1-14-21(16(3)26)15(2)24-22(14)23(28)29-13-20(27)25-17-9-11-19(12-10-17)30-18-7-5-4-6-8-18/h4-12,24H,13H2,1-3H3,(H,25,27). The molecule has 0 aliphatic rings. The number of ketones is 1. The highest BCUT2D eigenvalue weighted by molar-refractivity contribution is 6.01. The van der Waals surface area contributed by atoms with Crippen molar-refractivity contribution in [3.63, 3.8) is 0 Å². The molecule has 7 nitrogen and oxygen atoms in total. The van der Waals surface area contributed by atoms with Crippen molar-refractivity contribution in [1.82, 2.24) is 4.98 Å². The van der Waals surface area contributed by atoms with Crippen LogP contribution in [0.1, 0.15) is 39.0 Å². The zero-order valence-electron chi connectivity index (χ0n) is 16.9. The van der Waals surface area contributed by atoms with Crippen molar-refractivity contribution >= 4 is 23.3 Å². The van der Waals surface area contributed by atoms with Gasteiger partial charge >= 0.3 is 5.97 Å². The molecule has 1 amide bonds. The van der Waals surface area contributed by atoms with Gasteiger partial charge in [-0.1, -0.05) is 18.2 Å². The summed E-state index contributed by atoms with van der Waals surface area (Å²) in [6.45, 7) is 4.35. The number of ether oxygens (including phenoxy) is 2. The average Bonchev–Trinajstić information content (AvgIpc) is 3.02. The first kappa shape index (κ1) is 20.9. The van der Waals surface area contributed by atoms with Crippen molar-refractivity contribution < 1.29 is 23.9 Å². The van der Waals surface area contributed by atoms with Gasteiger partial charge in [0.2, 0.25) is 0 Å². The molecule has 0 saturated heterocycles. The summed E-state index contributed by atoms with van der Waals surface area (Å²) < 4.78 is 10.8. The fourth-order valence-corrected chi connectivity index (χ4v) is 3.11. The van der Waals surface area contributed by atoms with Gasteiger partial charge in [-0.2, -0.15) is 0 Å². The zero-order valence-corrected chi connectivity index (χ0v) is 16.9. The van der Waals surface area contributed by atoms with E-state index in [-0.39, 0.29) is 11.5 Å². The van der Waals surface area contributed by atoms with Gasteiger partial charge in [0.05, 0.1) is 0 Å². The molecule has 0 fully saturated rings. The summed E-state index contributed by atoms with van der Waals surface area (Å²) in [5.41, 5.74) is 2.29. The highest BCUT2D eigenvalue weighted by Gasteiger charge is 2.21. The molecular formula is C23H22N2O5. The molecule has 3 rings (SSSR count). The van der Waals surface area contributed by atoms with E-state index in [1.165, 1.54) is 6.92 Å². The number of carbonyl (C=O) groups excluding carboxylic acids is 3. The lowest BCUT2D eigenvalue weighted by atomic mass is 10.1. The Morgan fingerprint density at radius 1 is 0.933 bits per heavy atom. The van der Waals surface area contributed by atoms with E-state index in [0.29, 0.717) is 34.0 Å². The molecule has 0 aliphatic heterocycles. The largest absolute Gasteiger partial charge is 0.457 e. The third kappa shape index (κ3) is 4.94. The highest BCUT2D eigenvalue weighted by Crippen LogP contribution is 2.23. The fraction of sp³-hybridized carbons (Fsp3) is 0.174. The Kier molecular flexibility index (Phi) is 6.32. The van der Waals surface area contributed by atoms with E-state index in [1.807, 2.05) is 30.3 Å². The molecule has 0 aliphatic carbocycles. The number of carbonyl (C=O) groups is 3. The number of anilines is 1. The van der Waals surface area contributed by atoms with Gasteiger partial charge < -0.3 is 19.8 Å². The molecule has 0 spiro atoms. The summed E-state index contributed by atoms with van der Waals surface area (Å²) in [6, 6.07) is 16.2. The van der Waals surface area contributed by atoms with Crippen LogP contribution in [0.15, 0.2) is 54.6 Å².